The summed E-state index contributed by atoms with van der Waals surface area (Å²) >= 11 is 1.97. The Morgan fingerprint density at radius 3 is 2.12 bits per heavy atom. The molecule has 0 unspecified atom stereocenters. The molecule has 0 saturated heterocycles. The van der Waals surface area contributed by atoms with Crippen molar-refractivity contribution in [1.29, 1.82) is 0 Å². The quantitative estimate of drug-likeness (QED) is 0.581. The summed E-state index contributed by atoms with van der Waals surface area (Å²) in [6, 6.07) is 10.3. The Labute approximate surface area is 59.9 Å². The SMILES string of the molecule is [Mo]=[CH]c1ccccc1. The molecule has 0 fully saturated rings. The summed E-state index contributed by atoms with van der Waals surface area (Å²) in [5, 5.41) is 0. The Balaban J connectivity index is 2.99. The predicted octanol–water partition coefficient (Wildman–Crippen LogP) is 1.38. The van der Waals surface area contributed by atoms with E-state index in [2.05, 4.69) is 16.5 Å². The molecule has 0 radical (unpaired) electrons. The molecule has 0 aliphatic rings. The summed E-state index contributed by atoms with van der Waals surface area (Å²) in [4.78, 5) is 0. The number of hydrogen-bond donors (Lipinski definition) is 0. The molecule has 0 bridgehead atoms. The summed E-state index contributed by atoms with van der Waals surface area (Å²) in [6.07, 6.45) is 0. The van der Waals surface area contributed by atoms with Gasteiger partial charge in [-0.15, -0.1) is 0 Å². The van der Waals surface area contributed by atoms with Crippen LogP contribution < -0.4 is 0 Å². The predicted molar refractivity (Wildman–Crippen MR) is 31.6 cm³/mol. The molecule has 1 rings (SSSR count). The van der Waals surface area contributed by atoms with E-state index in [-0.39, 0.29) is 0 Å². The van der Waals surface area contributed by atoms with Gasteiger partial charge < -0.3 is 0 Å². The Bertz CT molecular complexity index is 167. The van der Waals surface area contributed by atoms with Gasteiger partial charge in [-0.2, -0.15) is 0 Å². The summed E-state index contributed by atoms with van der Waals surface area (Å²) in [6.45, 7) is 0. The van der Waals surface area contributed by atoms with E-state index in [4.69, 9.17) is 0 Å². The second-order valence-electron chi connectivity index (χ2n) is 1.53. The molecule has 0 aliphatic heterocycles. The molecular weight excluding hydrogens is 180 g/mol. The topological polar surface area (TPSA) is 0 Å². The minimum absolute atomic E-state index is 1.29. The second-order valence-corrected chi connectivity index (χ2v) is 2.11. The maximum absolute atomic E-state index is 2.09. The van der Waals surface area contributed by atoms with E-state index in [0.717, 1.165) is 0 Å². The monoisotopic (exact) mass is 188 g/mol. The first kappa shape index (κ1) is 5.91. The van der Waals surface area contributed by atoms with E-state index in [1.54, 1.807) is 0 Å². The van der Waals surface area contributed by atoms with Gasteiger partial charge in [-0.25, -0.2) is 0 Å². The van der Waals surface area contributed by atoms with Crippen molar-refractivity contribution >= 4 is 4.40 Å². The average Bonchev–Trinajstić information content (AvgIpc) is 1.90. The van der Waals surface area contributed by atoms with Crippen LogP contribution in [0.4, 0.5) is 0 Å². The molecule has 1 heteroatoms. The standard InChI is InChI=1S/C7H6.Mo/c1-7-5-3-2-4-6-7;/h1-6H;. The summed E-state index contributed by atoms with van der Waals surface area (Å²) in [5.41, 5.74) is 1.29. The molecular formula is C7H6Mo. The zero-order valence-corrected chi connectivity index (χ0v) is 6.38. The van der Waals surface area contributed by atoms with Gasteiger partial charge in [0.25, 0.3) is 0 Å². The molecule has 40 valence electrons. The third-order valence-corrected chi connectivity index (χ3v) is 1.60. The van der Waals surface area contributed by atoms with Gasteiger partial charge >= 0.3 is 59.6 Å². The molecule has 0 aromatic heterocycles. The Hall–Kier alpha value is -0.222. The Morgan fingerprint density at radius 2 is 1.75 bits per heavy atom. The summed E-state index contributed by atoms with van der Waals surface area (Å²) in [7, 11) is 0. The van der Waals surface area contributed by atoms with Crippen LogP contribution in [0.2, 0.25) is 0 Å². The first-order chi connectivity index (χ1) is 3.93. The van der Waals surface area contributed by atoms with Crippen molar-refractivity contribution < 1.29 is 19.4 Å². The first-order valence-electron chi connectivity index (χ1n) is 2.44. The first-order valence-corrected chi connectivity index (χ1v) is 3.59. The van der Waals surface area contributed by atoms with Crippen molar-refractivity contribution in [1.82, 2.24) is 0 Å². The van der Waals surface area contributed by atoms with Crippen LogP contribution in [0.3, 0.4) is 0 Å². The van der Waals surface area contributed by atoms with Crippen molar-refractivity contribution in [3.63, 3.8) is 0 Å². The molecule has 0 saturated carbocycles. The Morgan fingerprint density at radius 1 is 1.12 bits per heavy atom. The third kappa shape index (κ3) is 1.38. The average molecular weight is 186 g/mol. The second kappa shape index (κ2) is 2.94. The van der Waals surface area contributed by atoms with E-state index >= 15 is 0 Å². The van der Waals surface area contributed by atoms with Crippen LogP contribution >= 0.6 is 0 Å². The molecule has 0 aliphatic carbocycles. The number of hydrogen-bond acceptors (Lipinski definition) is 0. The summed E-state index contributed by atoms with van der Waals surface area (Å²) in [5.74, 6) is 0. The van der Waals surface area contributed by atoms with E-state index in [0.29, 0.717) is 0 Å². The van der Waals surface area contributed by atoms with Crippen molar-refractivity contribution in [2.75, 3.05) is 0 Å². The maximum atomic E-state index is 2.09. The van der Waals surface area contributed by atoms with Crippen LogP contribution in [0.25, 0.3) is 0 Å². The van der Waals surface area contributed by atoms with Gasteiger partial charge in [-0.3, -0.25) is 0 Å². The molecule has 0 heterocycles. The molecule has 1 aromatic carbocycles. The molecule has 0 N–H and O–H groups in total. The van der Waals surface area contributed by atoms with Crippen LogP contribution in [0.1, 0.15) is 5.56 Å². The van der Waals surface area contributed by atoms with Crippen LogP contribution in [-0.4, -0.2) is 4.40 Å². The van der Waals surface area contributed by atoms with Crippen molar-refractivity contribution in [3.8, 4) is 0 Å². The van der Waals surface area contributed by atoms with E-state index in [9.17, 15) is 0 Å². The fraction of sp³-hybridized carbons (Fsp3) is 0. The van der Waals surface area contributed by atoms with Gasteiger partial charge in [0.05, 0.1) is 0 Å². The van der Waals surface area contributed by atoms with Crippen LogP contribution in [0.5, 0.6) is 0 Å². The molecule has 1 aromatic rings. The van der Waals surface area contributed by atoms with Crippen molar-refractivity contribution in [3.05, 3.63) is 35.9 Å². The molecule has 0 atom stereocenters. The number of rotatable bonds is 1. The number of benzene rings is 1. The zero-order chi connectivity index (χ0) is 5.82. The van der Waals surface area contributed by atoms with E-state index < -0.39 is 0 Å². The van der Waals surface area contributed by atoms with Crippen LogP contribution in [0, 0.1) is 0 Å². The zero-order valence-electron chi connectivity index (χ0n) is 4.37. The van der Waals surface area contributed by atoms with Gasteiger partial charge in [0.15, 0.2) is 0 Å². The van der Waals surface area contributed by atoms with E-state index in [1.807, 2.05) is 37.6 Å². The molecule has 8 heavy (non-hydrogen) atoms. The van der Waals surface area contributed by atoms with Crippen LogP contribution in [0.15, 0.2) is 30.3 Å². The normalized spacial score (nSPS) is 8.50. The van der Waals surface area contributed by atoms with Gasteiger partial charge in [0.2, 0.25) is 0 Å². The van der Waals surface area contributed by atoms with Crippen molar-refractivity contribution in [2.24, 2.45) is 0 Å². The minimum atomic E-state index is 1.29. The third-order valence-electron chi connectivity index (χ3n) is 0.936. The fourth-order valence-electron chi connectivity index (χ4n) is 0.532. The molecule has 0 nitrogen and oxygen atoms in total. The molecule has 0 spiro atoms. The van der Waals surface area contributed by atoms with Crippen LogP contribution in [-0.2, 0) is 19.4 Å². The van der Waals surface area contributed by atoms with E-state index in [1.165, 1.54) is 5.56 Å². The summed E-state index contributed by atoms with van der Waals surface area (Å²) < 4.78 is 2.09. The van der Waals surface area contributed by atoms with Gasteiger partial charge in [0, 0.05) is 0 Å². The fourth-order valence-corrected chi connectivity index (χ4v) is 0.918. The van der Waals surface area contributed by atoms with Gasteiger partial charge in [-0.05, 0) is 0 Å². The van der Waals surface area contributed by atoms with Gasteiger partial charge in [0.1, 0.15) is 0 Å². The Kier molecular flexibility index (Phi) is 2.17. The van der Waals surface area contributed by atoms with Crippen molar-refractivity contribution in [2.45, 2.75) is 0 Å². The van der Waals surface area contributed by atoms with Gasteiger partial charge in [-0.1, -0.05) is 0 Å². The molecule has 0 amide bonds.